The number of alkyl halides is 3. The van der Waals surface area contributed by atoms with E-state index < -0.39 is 23.4 Å². The van der Waals surface area contributed by atoms with Gasteiger partial charge >= 0.3 is 6.18 Å². The van der Waals surface area contributed by atoms with Crippen molar-refractivity contribution in [1.29, 1.82) is 0 Å². The summed E-state index contributed by atoms with van der Waals surface area (Å²) in [6, 6.07) is 18.1. The maximum Gasteiger partial charge on any atom is 0.435 e. The van der Waals surface area contributed by atoms with Crippen molar-refractivity contribution in [3.05, 3.63) is 92.9 Å². The molecule has 35 heavy (non-hydrogen) atoms. The second-order valence-electron chi connectivity index (χ2n) is 7.37. The molecular weight excluding hydrogens is 549 g/mol. The maximum atomic E-state index is 13.7. The number of methoxy groups -OCH3 is 1. The van der Waals surface area contributed by atoms with Gasteiger partial charge in [0.25, 0.3) is 5.91 Å². The van der Waals surface area contributed by atoms with Crippen molar-refractivity contribution >= 4 is 50.9 Å². The number of hydrazone groups is 1. The maximum absolute atomic E-state index is 13.7. The van der Waals surface area contributed by atoms with E-state index in [1.807, 2.05) is 12.1 Å². The van der Waals surface area contributed by atoms with E-state index in [9.17, 15) is 18.0 Å². The van der Waals surface area contributed by atoms with E-state index in [-0.39, 0.29) is 23.6 Å². The van der Waals surface area contributed by atoms with Gasteiger partial charge in [0.2, 0.25) is 0 Å². The number of carbonyl (C=O) groups is 1. The zero-order valence-corrected chi connectivity index (χ0v) is 20.5. The fourth-order valence-electron chi connectivity index (χ4n) is 3.39. The number of carbonyl (C=O) groups excluding carboxylic acids is 1. The molecule has 0 bridgehead atoms. The summed E-state index contributed by atoms with van der Waals surface area (Å²) in [5, 5.41) is 4.84. The molecule has 4 rings (SSSR count). The van der Waals surface area contributed by atoms with Crippen molar-refractivity contribution in [3.8, 4) is 11.5 Å². The SMILES string of the molecule is COc1cc(/C=C2\C(=O)N(c3ccccc3)N=C2C(F)(F)F)cc(Br)c1OCc1ccccc1Cl. The van der Waals surface area contributed by atoms with Gasteiger partial charge in [0.05, 0.1) is 22.8 Å². The van der Waals surface area contributed by atoms with Crippen molar-refractivity contribution in [2.45, 2.75) is 12.8 Å². The zero-order valence-electron chi connectivity index (χ0n) is 18.1. The van der Waals surface area contributed by atoms with Crippen LogP contribution < -0.4 is 14.5 Å². The van der Waals surface area contributed by atoms with Crippen LogP contribution in [0.4, 0.5) is 18.9 Å². The van der Waals surface area contributed by atoms with Crippen molar-refractivity contribution in [2.24, 2.45) is 5.10 Å². The van der Waals surface area contributed by atoms with E-state index in [1.165, 1.54) is 31.4 Å². The van der Waals surface area contributed by atoms with Crippen molar-refractivity contribution in [1.82, 2.24) is 0 Å². The number of hydrogen-bond donors (Lipinski definition) is 0. The van der Waals surface area contributed by atoms with Crippen molar-refractivity contribution in [3.63, 3.8) is 0 Å². The smallest absolute Gasteiger partial charge is 0.435 e. The lowest BCUT2D eigenvalue weighted by atomic mass is 10.1. The summed E-state index contributed by atoms with van der Waals surface area (Å²) in [5.41, 5.74) is -0.600. The first-order chi connectivity index (χ1) is 16.7. The minimum absolute atomic E-state index is 0.143. The van der Waals surface area contributed by atoms with Crippen LogP contribution in [0.5, 0.6) is 11.5 Å². The Morgan fingerprint density at radius 3 is 2.43 bits per heavy atom. The molecule has 0 aromatic heterocycles. The summed E-state index contributed by atoms with van der Waals surface area (Å²) in [6.45, 7) is 0.143. The number of hydrogen-bond acceptors (Lipinski definition) is 4. The van der Waals surface area contributed by atoms with Crippen LogP contribution in [0.2, 0.25) is 5.02 Å². The number of ether oxygens (including phenoxy) is 2. The van der Waals surface area contributed by atoms with Gasteiger partial charge in [0.1, 0.15) is 6.61 Å². The average Bonchev–Trinajstić information content (AvgIpc) is 3.16. The van der Waals surface area contributed by atoms with Crippen molar-refractivity contribution in [2.75, 3.05) is 12.1 Å². The quantitative estimate of drug-likeness (QED) is 0.301. The lowest BCUT2D eigenvalue weighted by Crippen LogP contribution is -2.25. The van der Waals surface area contributed by atoms with Gasteiger partial charge in [-0.2, -0.15) is 23.3 Å². The molecule has 0 saturated heterocycles. The summed E-state index contributed by atoms with van der Waals surface area (Å²) < 4.78 is 52.9. The van der Waals surface area contributed by atoms with E-state index >= 15 is 0 Å². The van der Waals surface area contributed by atoms with Crippen LogP contribution >= 0.6 is 27.5 Å². The van der Waals surface area contributed by atoms with Crippen LogP contribution in [0.1, 0.15) is 11.1 Å². The Bertz CT molecular complexity index is 1330. The standard InChI is InChI=1S/C25H17BrClF3N2O3/c1-34-21-13-15(12-19(26)22(21)35-14-16-7-5-6-10-20(16)27)11-18-23(25(28,29)30)31-32(24(18)33)17-8-3-2-4-9-17/h2-13H,14H2,1H3/b18-11-. The highest BCUT2D eigenvalue weighted by molar-refractivity contribution is 9.10. The first-order valence-corrected chi connectivity index (χ1v) is 11.4. The molecule has 0 aliphatic carbocycles. The van der Waals surface area contributed by atoms with E-state index in [4.69, 9.17) is 21.1 Å². The topological polar surface area (TPSA) is 51.1 Å². The molecule has 3 aromatic carbocycles. The molecule has 180 valence electrons. The van der Waals surface area contributed by atoms with Crippen molar-refractivity contribution < 1.29 is 27.4 Å². The Hall–Kier alpha value is -3.30. The molecule has 1 aliphatic heterocycles. The minimum Gasteiger partial charge on any atom is -0.493 e. The van der Waals surface area contributed by atoms with Crippen LogP contribution in [0.15, 0.2) is 81.9 Å². The first kappa shape index (κ1) is 24.8. The van der Waals surface area contributed by atoms with Gasteiger partial charge in [-0.15, -0.1) is 0 Å². The Morgan fingerprint density at radius 2 is 1.77 bits per heavy atom. The Kier molecular flexibility index (Phi) is 7.18. The Balaban J connectivity index is 1.68. The molecule has 0 saturated carbocycles. The normalized spacial score (nSPS) is 14.9. The van der Waals surface area contributed by atoms with E-state index in [0.29, 0.717) is 15.2 Å². The molecule has 1 aliphatic rings. The molecule has 1 amide bonds. The van der Waals surface area contributed by atoms with Crippen LogP contribution in [0.25, 0.3) is 6.08 Å². The molecule has 3 aromatic rings. The van der Waals surface area contributed by atoms with Gasteiger partial charge in [-0.1, -0.05) is 48.0 Å². The van der Waals surface area contributed by atoms with E-state index in [1.54, 1.807) is 30.3 Å². The third-order valence-corrected chi connectivity index (χ3v) is 6.00. The second kappa shape index (κ2) is 10.1. The lowest BCUT2D eigenvalue weighted by molar-refractivity contribution is -0.114. The summed E-state index contributed by atoms with van der Waals surface area (Å²) in [4.78, 5) is 12.9. The minimum atomic E-state index is -4.83. The predicted molar refractivity (Wildman–Crippen MR) is 132 cm³/mol. The Morgan fingerprint density at radius 1 is 1.09 bits per heavy atom. The van der Waals surface area contributed by atoms with Gasteiger partial charge in [0, 0.05) is 10.6 Å². The fraction of sp³-hybridized carbons (Fsp3) is 0.120. The molecule has 0 radical (unpaired) electrons. The lowest BCUT2D eigenvalue weighted by Gasteiger charge is -2.15. The highest BCUT2D eigenvalue weighted by Crippen LogP contribution is 2.39. The molecular formula is C25H17BrClF3N2O3. The van der Waals surface area contributed by atoms with Gasteiger partial charge in [-0.25, -0.2) is 0 Å². The Labute approximate surface area is 212 Å². The molecule has 1 heterocycles. The zero-order chi connectivity index (χ0) is 25.2. The van der Waals surface area contributed by atoms with Gasteiger partial charge < -0.3 is 9.47 Å². The van der Waals surface area contributed by atoms with Crippen LogP contribution in [0, 0.1) is 0 Å². The van der Waals surface area contributed by atoms with Gasteiger partial charge in [-0.05, 0) is 57.9 Å². The number of halogens is 5. The third-order valence-electron chi connectivity index (χ3n) is 5.04. The number of anilines is 1. The molecule has 0 atom stereocenters. The highest BCUT2D eigenvalue weighted by atomic mass is 79.9. The van der Waals surface area contributed by atoms with Crippen LogP contribution in [-0.2, 0) is 11.4 Å². The molecule has 0 spiro atoms. The van der Waals surface area contributed by atoms with E-state index in [2.05, 4.69) is 21.0 Å². The van der Waals surface area contributed by atoms with Gasteiger partial charge in [-0.3, -0.25) is 4.79 Å². The summed E-state index contributed by atoms with van der Waals surface area (Å²) >= 11 is 9.56. The number of benzene rings is 3. The van der Waals surface area contributed by atoms with Gasteiger partial charge in [0.15, 0.2) is 17.2 Å². The number of nitrogens with zero attached hydrogens (tertiary/aromatic N) is 2. The van der Waals surface area contributed by atoms with E-state index in [0.717, 1.165) is 16.6 Å². The molecule has 0 fully saturated rings. The monoisotopic (exact) mass is 564 g/mol. The first-order valence-electron chi connectivity index (χ1n) is 10.2. The largest absolute Gasteiger partial charge is 0.493 e. The average molecular weight is 566 g/mol. The molecule has 0 N–H and O–H groups in total. The molecule has 5 nitrogen and oxygen atoms in total. The number of amides is 1. The summed E-state index contributed by atoms with van der Waals surface area (Å²) in [6.07, 6.45) is -3.70. The fourth-order valence-corrected chi connectivity index (χ4v) is 4.16. The molecule has 0 unspecified atom stereocenters. The van der Waals surface area contributed by atoms with Crippen LogP contribution in [0.3, 0.4) is 0 Å². The number of rotatable bonds is 6. The number of para-hydroxylation sites is 1. The highest BCUT2D eigenvalue weighted by Gasteiger charge is 2.46. The summed E-state index contributed by atoms with van der Waals surface area (Å²) in [7, 11) is 1.40. The molecule has 10 heteroatoms. The second-order valence-corrected chi connectivity index (χ2v) is 8.63. The third kappa shape index (κ3) is 5.36. The van der Waals surface area contributed by atoms with Crippen LogP contribution in [-0.4, -0.2) is 24.9 Å². The predicted octanol–water partition coefficient (Wildman–Crippen LogP) is 7.04. The summed E-state index contributed by atoms with van der Waals surface area (Å²) in [5.74, 6) is -0.297.